The van der Waals surface area contributed by atoms with Crippen molar-refractivity contribution < 1.29 is 49.1 Å². The maximum absolute atomic E-state index is 12.7. The molecule has 0 aliphatic carbocycles. The van der Waals surface area contributed by atoms with Crippen molar-refractivity contribution in [2.75, 3.05) is 26.0 Å². The number of carbonyl (C=O) groups excluding carboxylic acids is 3. The summed E-state index contributed by atoms with van der Waals surface area (Å²) < 4.78 is 5.21. The number of phenols is 2. The number of carboxylic acids is 2. The third kappa shape index (κ3) is 9.33. The molecule has 0 aromatic heterocycles. The number of fused-ring (bicyclic) bond motifs is 1. The van der Waals surface area contributed by atoms with Gasteiger partial charge in [0, 0.05) is 48.6 Å². The van der Waals surface area contributed by atoms with Gasteiger partial charge < -0.3 is 41.1 Å². The predicted molar refractivity (Wildman–Crippen MR) is 124 cm³/mol. The first-order valence-electron chi connectivity index (χ1n) is 10.3. The van der Waals surface area contributed by atoms with Crippen molar-refractivity contribution in [1.82, 2.24) is 16.0 Å². The Bertz CT molecular complexity index is 965. The number of cyclic esters (lactones) is 1. The summed E-state index contributed by atoms with van der Waals surface area (Å²) in [5.74, 6) is -4.98. The van der Waals surface area contributed by atoms with E-state index >= 15 is 0 Å². The van der Waals surface area contributed by atoms with Gasteiger partial charge in [-0.3, -0.25) is 14.4 Å². The molecule has 2 rings (SSSR count). The van der Waals surface area contributed by atoms with E-state index in [2.05, 4.69) is 16.0 Å². The molecule has 35 heavy (non-hydrogen) atoms. The summed E-state index contributed by atoms with van der Waals surface area (Å²) in [4.78, 5) is 58.0. The lowest BCUT2D eigenvalue weighted by Crippen LogP contribution is -2.54. The number of aliphatic carboxylic acids is 2. The van der Waals surface area contributed by atoms with Gasteiger partial charge in [-0.05, 0) is 14.0 Å². The molecule has 0 bridgehead atoms. The molecule has 1 aliphatic heterocycles. The second-order valence-corrected chi connectivity index (χ2v) is 8.43. The van der Waals surface area contributed by atoms with Crippen LogP contribution in [-0.4, -0.2) is 88.2 Å². The largest absolute Gasteiger partial charge is 0.508 e. The average Bonchev–Trinajstić information content (AvgIpc) is 2.76. The van der Waals surface area contributed by atoms with E-state index in [0.29, 0.717) is 6.54 Å². The highest BCUT2D eigenvalue weighted by molar-refractivity contribution is 7.98. The Morgan fingerprint density at radius 3 is 2.40 bits per heavy atom. The average molecular weight is 516 g/mol. The number of carboxylic acid groups (broad SMARTS) is 2. The maximum Gasteiger partial charge on any atom is 0.339 e. The van der Waals surface area contributed by atoms with Gasteiger partial charge in [0.2, 0.25) is 11.8 Å². The van der Waals surface area contributed by atoms with E-state index in [1.165, 1.54) is 6.92 Å². The fourth-order valence-corrected chi connectivity index (χ4v) is 3.95. The number of ether oxygens (including phenoxy) is 1. The quantitative estimate of drug-likeness (QED) is 0.249. The summed E-state index contributed by atoms with van der Waals surface area (Å²) >= 11 is 1.07. The van der Waals surface area contributed by atoms with Gasteiger partial charge in [-0.25, -0.2) is 9.59 Å². The molecular weight excluding hydrogens is 486 g/mol. The first-order valence-corrected chi connectivity index (χ1v) is 11.5. The van der Waals surface area contributed by atoms with Gasteiger partial charge >= 0.3 is 11.9 Å². The number of esters is 1. The Labute approximate surface area is 205 Å². The van der Waals surface area contributed by atoms with Crippen molar-refractivity contribution >= 4 is 41.5 Å². The van der Waals surface area contributed by atoms with Crippen LogP contribution in [0.3, 0.4) is 0 Å². The smallest absolute Gasteiger partial charge is 0.339 e. The number of thioether (sulfide) groups is 1. The summed E-state index contributed by atoms with van der Waals surface area (Å²) in [5, 5.41) is 44.6. The molecule has 0 saturated carbocycles. The van der Waals surface area contributed by atoms with E-state index < -0.39 is 48.4 Å². The van der Waals surface area contributed by atoms with Crippen LogP contribution in [0.2, 0.25) is 0 Å². The first kappa shape index (κ1) is 29.5. The van der Waals surface area contributed by atoms with Gasteiger partial charge in [0.15, 0.2) is 0 Å². The van der Waals surface area contributed by atoms with Gasteiger partial charge in [0.05, 0.1) is 5.56 Å². The summed E-state index contributed by atoms with van der Waals surface area (Å²) in [6.07, 6.45) is 0.0517. The highest BCUT2D eigenvalue weighted by Crippen LogP contribution is 2.35. The fraction of sp³-hybridized carbons (Fsp3) is 0.476. The predicted octanol–water partition coefficient (Wildman–Crippen LogP) is -0.436. The molecule has 1 aromatic rings. The number of phenolic OH excluding ortho intramolecular Hbond substituents is 2. The fourth-order valence-electron chi connectivity index (χ4n) is 2.87. The van der Waals surface area contributed by atoms with Crippen LogP contribution in [0.5, 0.6) is 11.5 Å². The summed E-state index contributed by atoms with van der Waals surface area (Å²) in [6, 6.07) is -1.50. The van der Waals surface area contributed by atoms with Crippen LogP contribution >= 0.6 is 11.8 Å². The first-order chi connectivity index (χ1) is 16.4. The van der Waals surface area contributed by atoms with Crippen molar-refractivity contribution in [3.05, 3.63) is 22.8 Å². The van der Waals surface area contributed by atoms with Gasteiger partial charge in [0.1, 0.15) is 30.2 Å². The Hall–Kier alpha value is -3.52. The Kier molecular flexibility index (Phi) is 11.8. The van der Waals surface area contributed by atoms with E-state index in [4.69, 9.17) is 14.6 Å². The molecule has 0 unspecified atom stereocenters. The molecule has 2 amide bonds. The van der Waals surface area contributed by atoms with Crippen LogP contribution < -0.4 is 16.0 Å². The molecule has 1 aromatic carbocycles. The standard InChI is InChI=1S/C19H25N3O8S.C2H4O2/c1-9-13(23)5-14(24)10-7-31-8-12(18(27)28)22-17(26)11(6-30-19(29)16(9)10)21-15(25)3-4-20-2;1-2(3)4/h5,11-12,20,23-24H,3-4,6-8H2,1-2H3,(H,21,25)(H,22,26)(H,27,28);1H3,(H,3,4)/t11-,12-;/m0./s1. The van der Waals surface area contributed by atoms with Crippen LogP contribution in [0.15, 0.2) is 6.07 Å². The third-order valence-electron chi connectivity index (χ3n) is 4.63. The molecule has 194 valence electrons. The van der Waals surface area contributed by atoms with E-state index in [1.54, 1.807) is 7.05 Å². The normalized spacial score (nSPS) is 18.3. The molecule has 13 nitrogen and oxygen atoms in total. The van der Waals surface area contributed by atoms with E-state index in [9.17, 15) is 34.5 Å². The van der Waals surface area contributed by atoms with Crippen molar-refractivity contribution in [3.63, 3.8) is 0 Å². The Balaban J connectivity index is 0.00000142. The molecule has 0 spiro atoms. The molecular formula is C21H29N3O10S. The number of rotatable bonds is 5. The van der Waals surface area contributed by atoms with Gasteiger partial charge in [0.25, 0.3) is 5.97 Å². The zero-order valence-corrected chi connectivity index (χ0v) is 20.2. The SMILES string of the molecule is CC(=O)O.CNCCC(=O)N[C@H]1COC(=O)c2c(C)c(O)cc(O)c2CSC[C@@H](C(=O)O)NC1=O. The molecule has 0 saturated heterocycles. The number of hydrogen-bond acceptors (Lipinski definition) is 10. The summed E-state index contributed by atoms with van der Waals surface area (Å²) in [5.41, 5.74) is 0.276. The Morgan fingerprint density at radius 1 is 1.20 bits per heavy atom. The lowest BCUT2D eigenvalue weighted by Gasteiger charge is -2.23. The Morgan fingerprint density at radius 2 is 1.83 bits per heavy atom. The number of amides is 2. The van der Waals surface area contributed by atoms with Gasteiger partial charge in [-0.1, -0.05) is 0 Å². The third-order valence-corrected chi connectivity index (χ3v) is 5.69. The lowest BCUT2D eigenvalue weighted by atomic mass is 10.0. The number of nitrogens with one attached hydrogen (secondary N) is 3. The topological polar surface area (TPSA) is 212 Å². The van der Waals surface area contributed by atoms with Crippen molar-refractivity contribution in [3.8, 4) is 11.5 Å². The maximum atomic E-state index is 12.7. The van der Waals surface area contributed by atoms with Crippen LogP contribution in [0, 0.1) is 6.92 Å². The zero-order chi connectivity index (χ0) is 26.7. The minimum Gasteiger partial charge on any atom is -0.508 e. The molecule has 1 aliphatic rings. The molecule has 1 heterocycles. The van der Waals surface area contributed by atoms with Crippen molar-refractivity contribution in [1.29, 1.82) is 0 Å². The van der Waals surface area contributed by atoms with Crippen LogP contribution in [0.4, 0.5) is 0 Å². The van der Waals surface area contributed by atoms with Crippen LogP contribution in [0.1, 0.15) is 34.8 Å². The second-order valence-electron chi connectivity index (χ2n) is 7.40. The van der Waals surface area contributed by atoms with Crippen LogP contribution in [-0.2, 0) is 29.7 Å². The van der Waals surface area contributed by atoms with E-state index in [-0.39, 0.29) is 46.1 Å². The van der Waals surface area contributed by atoms with Gasteiger partial charge in [-0.15, -0.1) is 0 Å². The van der Waals surface area contributed by atoms with Crippen molar-refractivity contribution in [2.24, 2.45) is 0 Å². The minimum absolute atomic E-state index is 0.0429. The van der Waals surface area contributed by atoms with E-state index in [1.807, 2.05) is 0 Å². The van der Waals surface area contributed by atoms with E-state index in [0.717, 1.165) is 24.8 Å². The highest BCUT2D eigenvalue weighted by atomic mass is 32.2. The summed E-state index contributed by atoms with van der Waals surface area (Å²) in [6.45, 7) is 2.33. The number of aromatic hydroxyl groups is 2. The molecule has 14 heteroatoms. The molecule has 0 radical (unpaired) electrons. The monoisotopic (exact) mass is 515 g/mol. The number of hydrogen-bond donors (Lipinski definition) is 7. The number of benzene rings is 1. The zero-order valence-electron chi connectivity index (χ0n) is 19.4. The van der Waals surface area contributed by atoms with Crippen molar-refractivity contribution in [2.45, 2.75) is 38.1 Å². The summed E-state index contributed by atoms with van der Waals surface area (Å²) in [7, 11) is 1.65. The second kappa shape index (κ2) is 14.0. The van der Waals surface area contributed by atoms with Gasteiger partial charge in [-0.2, -0.15) is 11.8 Å². The highest BCUT2D eigenvalue weighted by Gasteiger charge is 2.30. The molecule has 7 N–H and O–H groups in total. The molecule has 0 fully saturated rings. The minimum atomic E-state index is -1.32. The molecule has 2 atom stereocenters. The lowest BCUT2D eigenvalue weighted by molar-refractivity contribution is -0.141. The van der Waals surface area contributed by atoms with Crippen LogP contribution in [0.25, 0.3) is 0 Å². The number of carbonyl (C=O) groups is 5.